The number of imidazole rings is 1. The van der Waals surface area contributed by atoms with Crippen LogP contribution in [0.1, 0.15) is 18.7 Å². The number of aromatic nitrogens is 2. The number of hydrogen-bond donors (Lipinski definition) is 1. The fourth-order valence-corrected chi connectivity index (χ4v) is 3.57. The van der Waals surface area contributed by atoms with Crippen molar-refractivity contribution in [3.63, 3.8) is 0 Å². The van der Waals surface area contributed by atoms with E-state index in [1.807, 2.05) is 0 Å². The molecule has 1 aliphatic heterocycles. The number of aromatic amines is 1. The molecule has 1 aromatic heterocycles. The van der Waals surface area contributed by atoms with Crippen molar-refractivity contribution in [3.8, 4) is 0 Å². The summed E-state index contributed by atoms with van der Waals surface area (Å²) in [5.74, 6) is 0.619. The zero-order valence-corrected chi connectivity index (χ0v) is 11.4. The number of H-pyrrole nitrogens is 1. The SMILES string of the molecule is Cc1ncc(S(=O)(=O)N2CCC(Br)CC2)[nH]1. The monoisotopic (exact) mass is 307 g/mol. The lowest BCUT2D eigenvalue weighted by atomic mass is 10.2. The summed E-state index contributed by atoms with van der Waals surface area (Å²) < 4.78 is 25.8. The molecule has 7 heteroatoms. The molecule has 5 nitrogen and oxygen atoms in total. The molecule has 0 unspecified atom stereocenters. The fraction of sp³-hybridized carbons (Fsp3) is 0.667. The van der Waals surface area contributed by atoms with Crippen LogP contribution in [-0.2, 0) is 10.0 Å². The summed E-state index contributed by atoms with van der Waals surface area (Å²) in [6.07, 6.45) is 3.09. The number of alkyl halides is 1. The van der Waals surface area contributed by atoms with Crippen LogP contribution in [0.2, 0.25) is 0 Å². The number of aryl methyl sites for hydroxylation is 1. The largest absolute Gasteiger partial charge is 0.332 e. The van der Waals surface area contributed by atoms with Crippen molar-refractivity contribution in [3.05, 3.63) is 12.0 Å². The van der Waals surface area contributed by atoms with E-state index in [0.717, 1.165) is 12.8 Å². The molecule has 0 aliphatic carbocycles. The predicted octanol–water partition coefficient (Wildman–Crippen LogP) is 1.27. The van der Waals surface area contributed by atoms with Gasteiger partial charge in [-0.25, -0.2) is 13.4 Å². The van der Waals surface area contributed by atoms with Crippen LogP contribution in [0.5, 0.6) is 0 Å². The van der Waals surface area contributed by atoms with E-state index in [-0.39, 0.29) is 5.03 Å². The van der Waals surface area contributed by atoms with E-state index in [1.165, 1.54) is 10.5 Å². The number of piperidine rings is 1. The molecule has 1 fully saturated rings. The first-order valence-electron chi connectivity index (χ1n) is 5.16. The minimum Gasteiger partial charge on any atom is -0.332 e. The summed E-state index contributed by atoms with van der Waals surface area (Å²) in [4.78, 5) is 7.13. The summed E-state index contributed by atoms with van der Waals surface area (Å²) in [7, 11) is -3.37. The number of rotatable bonds is 2. The molecule has 1 saturated heterocycles. The first kappa shape index (κ1) is 12.1. The van der Waals surface area contributed by atoms with Crippen LogP contribution in [0.15, 0.2) is 11.2 Å². The first-order chi connectivity index (χ1) is 7.50. The Morgan fingerprint density at radius 1 is 1.50 bits per heavy atom. The van der Waals surface area contributed by atoms with Crippen LogP contribution >= 0.6 is 15.9 Å². The second kappa shape index (κ2) is 4.46. The van der Waals surface area contributed by atoms with Gasteiger partial charge in [-0.3, -0.25) is 0 Å². The third-order valence-corrected chi connectivity index (χ3v) is 5.40. The van der Waals surface area contributed by atoms with Gasteiger partial charge in [0, 0.05) is 17.9 Å². The lowest BCUT2D eigenvalue weighted by molar-refractivity contribution is 0.353. The van der Waals surface area contributed by atoms with Gasteiger partial charge in [-0.1, -0.05) is 15.9 Å². The molecule has 0 amide bonds. The lowest BCUT2D eigenvalue weighted by Crippen LogP contribution is -2.38. The summed E-state index contributed by atoms with van der Waals surface area (Å²) in [5, 5.41) is 0.193. The van der Waals surface area contributed by atoms with Gasteiger partial charge >= 0.3 is 0 Å². The van der Waals surface area contributed by atoms with Crippen molar-refractivity contribution < 1.29 is 8.42 Å². The van der Waals surface area contributed by atoms with Crippen LogP contribution in [0.3, 0.4) is 0 Å². The van der Waals surface area contributed by atoms with Crippen LogP contribution in [0.25, 0.3) is 0 Å². The highest BCUT2D eigenvalue weighted by molar-refractivity contribution is 9.09. The molecule has 0 atom stereocenters. The van der Waals surface area contributed by atoms with Crippen molar-refractivity contribution in [2.75, 3.05) is 13.1 Å². The van der Waals surface area contributed by atoms with Gasteiger partial charge in [-0.15, -0.1) is 0 Å². The number of nitrogens with one attached hydrogen (secondary N) is 1. The number of sulfonamides is 1. The van der Waals surface area contributed by atoms with Crippen LogP contribution in [0, 0.1) is 6.92 Å². The molecule has 1 N–H and O–H groups in total. The molecule has 0 bridgehead atoms. The van der Waals surface area contributed by atoms with Gasteiger partial charge in [0.2, 0.25) is 0 Å². The standard InChI is InChI=1S/C9H14BrN3O2S/c1-7-11-6-9(12-7)16(14,15)13-4-2-8(10)3-5-13/h6,8H,2-5H2,1H3,(H,11,12). The topological polar surface area (TPSA) is 66.1 Å². The van der Waals surface area contributed by atoms with Gasteiger partial charge in [0.1, 0.15) is 5.82 Å². The van der Waals surface area contributed by atoms with E-state index in [0.29, 0.717) is 23.7 Å². The molecule has 16 heavy (non-hydrogen) atoms. The number of nitrogens with zero attached hydrogens (tertiary/aromatic N) is 2. The van der Waals surface area contributed by atoms with Gasteiger partial charge in [-0.2, -0.15) is 4.31 Å². The summed E-state index contributed by atoms with van der Waals surface area (Å²) in [6, 6.07) is 0. The van der Waals surface area contributed by atoms with Crippen molar-refractivity contribution >= 4 is 26.0 Å². The maximum Gasteiger partial charge on any atom is 0.260 e. The third kappa shape index (κ3) is 2.31. The van der Waals surface area contributed by atoms with Gasteiger partial charge < -0.3 is 4.98 Å². The van der Waals surface area contributed by atoms with E-state index in [4.69, 9.17) is 0 Å². The Balaban J connectivity index is 2.20. The number of halogens is 1. The highest BCUT2D eigenvalue weighted by Gasteiger charge is 2.29. The second-order valence-corrected chi connectivity index (χ2v) is 7.11. The zero-order valence-electron chi connectivity index (χ0n) is 8.98. The maximum atomic E-state index is 12.1. The predicted molar refractivity (Wildman–Crippen MR) is 64.0 cm³/mol. The maximum absolute atomic E-state index is 12.1. The van der Waals surface area contributed by atoms with E-state index < -0.39 is 10.0 Å². The minimum absolute atomic E-state index is 0.193. The highest BCUT2D eigenvalue weighted by Crippen LogP contribution is 2.22. The first-order valence-corrected chi connectivity index (χ1v) is 7.51. The lowest BCUT2D eigenvalue weighted by Gasteiger charge is -2.27. The number of hydrogen-bond acceptors (Lipinski definition) is 3. The minimum atomic E-state index is -3.37. The van der Waals surface area contributed by atoms with E-state index in [1.54, 1.807) is 6.92 Å². The Hall–Kier alpha value is -0.400. The average molecular weight is 308 g/mol. The Morgan fingerprint density at radius 3 is 2.62 bits per heavy atom. The Morgan fingerprint density at radius 2 is 2.12 bits per heavy atom. The van der Waals surface area contributed by atoms with Crippen molar-refractivity contribution in [1.29, 1.82) is 0 Å². The van der Waals surface area contributed by atoms with Gasteiger partial charge in [0.15, 0.2) is 5.03 Å². The highest BCUT2D eigenvalue weighted by atomic mass is 79.9. The normalized spacial score (nSPS) is 20.1. The molecule has 2 rings (SSSR count). The van der Waals surface area contributed by atoms with Crippen LogP contribution in [0.4, 0.5) is 0 Å². The summed E-state index contributed by atoms with van der Waals surface area (Å²) in [6.45, 7) is 2.87. The molecule has 0 saturated carbocycles. The Kier molecular flexibility index (Phi) is 3.37. The summed E-state index contributed by atoms with van der Waals surface area (Å²) >= 11 is 3.50. The third-order valence-electron chi connectivity index (χ3n) is 2.68. The van der Waals surface area contributed by atoms with E-state index in [9.17, 15) is 8.42 Å². The Bertz CT molecular complexity index is 463. The molecular formula is C9H14BrN3O2S. The van der Waals surface area contributed by atoms with Crippen LogP contribution < -0.4 is 0 Å². The zero-order chi connectivity index (χ0) is 11.8. The Labute approximate surface area is 103 Å². The van der Waals surface area contributed by atoms with Gasteiger partial charge in [0.25, 0.3) is 10.0 Å². The second-order valence-electron chi connectivity index (χ2n) is 3.91. The molecule has 1 aromatic rings. The molecule has 0 aromatic carbocycles. The average Bonchev–Trinajstić information content (AvgIpc) is 2.66. The molecule has 2 heterocycles. The quantitative estimate of drug-likeness (QED) is 0.837. The molecule has 1 aliphatic rings. The molecule has 90 valence electrons. The van der Waals surface area contributed by atoms with Crippen molar-refractivity contribution in [2.24, 2.45) is 0 Å². The van der Waals surface area contributed by atoms with Gasteiger partial charge in [0.05, 0.1) is 6.20 Å². The fourth-order valence-electron chi connectivity index (χ4n) is 1.73. The van der Waals surface area contributed by atoms with Gasteiger partial charge in [-0.05, 0) is 19.8 Å². The smallest absolute Gasteiger partial charge is 0.260 e. The van der Waals surface area contributed by atoms with E-state index in [2.05, 4.69) is 25.9 Å². The van der Waals surface area contributed by atoms with E-state index >= 15 is 0 Å². The molecule has 0 radical (unpaired) electrons. The van der Waals surface area contributed by atoms with Crippen LogP contribution in [-0.4, -0.2) is 40.6 Å². The molecular weight excluding hydrogens is 294 g/mol. The van der Waals surface area contributed by atoms with Crippen molar-refractivity contribution in [1.82, 2.24) is 14.3 Å². The summed E-state index contributed by atoms with van der Waals surface area (Å²) in [5.41, 5.74) is 0. The van der Waals surface area contributed by atoms with Crippen molar-refractivity contribution in [2.45, 2.75) is 29.6 Å². The molecule has 0 spiro atoms.